The molecule has 3 aromatic rings. The van der Waals surface area contributed by atoms with Crippen LogP contribution in [0, 0.1) is 6.92 Å². The number of nitrogens with one attached hydrogen (secondary N) is 1. The second-order valence-corrected chi connectivity index (χ2v) is 8.96. The minimum Gasteiger partial charge on any atom is -0.485 e. The first-order valence-electron chi connectivity index (χ1n) is 11.3. The third kappa shape index (κ3) is 5.33. The van der Waals surface area contributed by atoms with Gasteiger partial charge in [0.2, 0.25) is 5.91 Å². The number of benzene rings is 2. The molecule has 0 saturated heterocycles. The molecule has 1 aliphatic carbocycles. The van der Waals surface area contributed by atoms with Crippen LogP contribution < -0.4 is 10.1 Å². The van der Waals surface area contributed by atoms with Crippen molar-refractivity contribution in [3.8, 4) is 5.75 Å². The Morgan fingerprint density at radius 1 is 1.12 bits per heavy atom. The maximum Gasteiger partial charge on any atom is 0.230 e. The van der Waals surface area contributed by atoms with Gasteiger partial charge in [-0.1, -0.05) is 48.2 Å². The van der Waals surface area contributed by atoms with E-state index in [0.717, 1.165) is 35.3 Å². The average Bonchev–Trinajstić information content (AvgIpc) is 3.23. The number of amides is 1. The molecule has 1 amide bonds. The lowest BCUT2D eigenvalue weighted by Crippen LogP contribution is -2.24. The van der Waals surface area contributed by atoms with Gasteiger partial charge in [-0.3, -0.25) is 4.79 Å². The number of thioether (sulfide) groups is 1. The Labute approximate surface area is 193 Å². The third-order valence-corrected chi connectivity index (χ3v) is 6.87. The largest absolute Gasteiger partial charge is 0.485 e. The number of aryl methyl sites for hydroxylation is 1. The summed E-state index contributed by atoms with van der Waals surface area (Å²) < 4.78 is 8.16. The maximum atomic E-state index is 12.2. The van der Waals surface area contributed by atoms with E-state index in [-0.39, 0.29) is 5.91 Å². The lowest BCUT2D eigenvalue weighted by atomic mass is 9.88. The molecule has 6 nitrogen and oxygen atoms in total. The molecule has 0 spiro atoms. The summed E-state index contributed by atoms with van der Waals surface area (Å²) in [7, 11) is 0. The highest BCUT2D eigenvalue weighted by Crippen LogP contribution is 2.31. The van der Waals surface area contributed by atoms with Crippen molar-refractivity contribution in [2.45, 2.75) is 64.4 Å². The normalized spacial score (nSPS) is 12.9. The van der Waals surface area contributed by atoms with Crippen LogP contribution in [0.4, 0.5) is 0 Å². The highest BCUT2D eigenvalue weighted by Gasteiger charge is 2.17. The molecule has 7 heteroatoms. The molecule has 0 fully saturated rings. The first kappa shape index (κ1) is 22.4. The summed E-state index contributed by atoms with van der Waals surface area (Å²) in [4.78, 5) is 12.2. The van der Waals surface area contributed by atoms with Crippen LogP contribution in [0.2, 0.25) is 0 Å². The van der Waals surface area contributed by atoms with Gasteiger partial charge in [0.05, 0.1) is 5.75 Å². The van der Waals surface area contributed by atoms with E-state index in [1.807, 2.05) is 34.9 Å². The fourth-order valence-electron chi connectivity index (χ4n) is 4.12. The van der Waals surface area contributed by atoms with Crippen molar-refractivity contribution >= 4 is 17.7 Å². The third-order valence-electron chi connectivity index (χ3n) is 5.90. The Bertz CT molecular complexity index is 1070. The Balaban J connectivity index is 1.33. The van der Waals surface area contributed by atoms with Gasteiger partial charge in [-0.05, 0) is 67.9 Å². The Morgan fingerprint density at radius 3 is 2.75 bits per heavy atom. The smallest absolute Gasteiger partial charge is 0.230 e. The molecule has 2 aromatic carbocycles. The lowest BCUT2D eigenvalue weighted by molar-refractivity contribution is -0.118. The van der Waals surface area contributed by atoms with Crippen LogP contribution >= 0.6 is 11.8 Å². The van der Waals surface area contributed by atoms with E-state index >= 15 is 0 Å². The van der Waals surface area contributed by atoms with Crippen LogP contribution in [0.5, 0.6) is 5.75 Å². The van der Waals surface area contributed by atoms with E-state index in [0.29, 0.717) is 18.9 Å². The fourth-order valence-corrected chi connectivity index (χ4v) is 4.97. The van der Waals surface area contributed by atoms with E-state index in [2.05, 4.69) is 41.5 Å². The first-order valence-corrected chi connectivity index (χ1v) is 12.2. The van der Waals surface area contributed by atoms with Crippen molar-refractivity contribution in [2.24, 2.45) is 0 Å². The quantitative estimate of drug-likeness (QED) is 0.487. The number of aromatic nitrogens is 3. The topological polar surface area (TPSA) is 69.0 Å². The van der Waals surface area contributed by atoms with Crippen LogP contribution in [-0.4, -0.2) is 26.4 Å². The Morgan fingerprint density at radius 2 is 1.94 bits per heavy atom. The molecule has 168 valence electrons. The zero-order chi connectivity index (χ0) is 22.3. The van der Waals surface area contributed by atoms with Crippen molar-refractivity contribution in [3.05, 3.63) is 70.5 Å². The van der Waals surface area contributed by atoms with Gasteiger partial charge in [-0.25, -0.2) is 0 Å². The highest BCUT2D eigenvalue weighted by molar-refractivity contribution is 7.99. The molecule has 0 radical (unpaired) electrons. The molecule has 1 N–H and O–H groups in total. The SMILES string of the molecule is CCn1c(COc2ccc3c(c2C)CCCC3)nnc1SCC(=O)NCc1ccccc1. The minimum absolute atomic E-state index is 0.0213. The lowest BCUT2D eigenvalue weighted by Gasteiger charge is -2.20. The molecule has 0 atom stereocenters. The molecular weight excluding hydrogens is 420 g/mol. The highest BCUT2D eigenvalue weighted by atomic mass is 32.2. The number of carbonyl (C=O) groups is 1. The van der Waals surface area contributed by atoms with E-state index < -0.39 is 0 Å². The average molecular weight is 451 g/mol. The monoisotopic (exact) mass is 450 g/mol. The summed E-state index contributed by atoms with van der Waals surface area (Å²) in [6.45, 7) is 5.82. The van der Waals surface area contributed by atoms with Gasteiger partial charge < -0.3 is 14.6 Å². The molecule has 1 aliphatic rings. The molecule has 32 heavy (non-hydrogen) atoms. The number of carbonyl (C=O) groups excluding carboxylic acids is 1. The van der Waals surface area contributed by atoms with Crippen molar-refractivity contribution in [1.29, 1.82) is 0 Å². The van der Waals surface area contributed by atoms with Crippen LogP contribution in [0.3, 0.4) is 0 Å². The fraction of sp³-hybridized carbons (Fsp3) is 0.400. The zero-order valence-electron chi connectivity index (χ0n) is 18.8. The number of fused-ring (bicyclic) bond motifs is 1. The van der Waals surface area contributed by atoms with Gasteiger partial charge in [-0.15, -0.1) is 10.2 Å². The van der Waals surface area contributed by atoms with Crippen LogP contribution in [-0.2, 0) is 37.3 Å². The van der Waals surface area contributed by atoms with Gasteiger partial charge in [0.25, 0.3) is 0 Å². The summed E-state index contributed by atoms with van der Waals surface area (Å²) in [6.07, 6.45) is 4.83. The van der Waals surface area contributed by atoms with Gasteiger partial charge in [0, 0.05) is 13.1 Å². The molecule has 0 unspecified atom stereocenters. The molecule has 1 aromatic heterocycles. The second kappa shape index (κ2) is 10.7. The molecule has 0 bridgehead atoms. The van der Waals surface area contributed by atoms with Crippen molar-refractivity contribution < 1.29 is 9.53 Å². The summed E-state index contributed by atoms with van der Waals surface area (Å²) >= 11 is 1.40. The zero-order valence-corrected chi connectivity index (χ0v) is 19.6. The van der Waals surface area contributed by atoms with E-state index in [1.165, 1.54) is 47.7 Å². The maximum absolute atomic E-state index is 12.2. The number of nitrogens with zero attached hydrogens (tertiary/aromatic N) is 3. The summed E-state index contributed by atoms with van der Waals surface area (Å²) in [5.74, 6) is 1.98. The van der Waals surface area contributed by atoms with Gasteiger partial charge >= 0.3 is 0 Å². The summed E-state index contributed by atoms with van der Waals surface area (Å²) in [6, 6.07) is 14.2. The minimum atomic E-state index is -0.0213. The standard InChI is InChI=1S/C25H30N4O2S/c1-3-29-23(16-31-22-14-13-20-11-7-8-12-21(20)18(22)2)27-28-25(29)32-17-24(30)26-15-19-9-5-4-6-10-19/h4-6,9-10,13-14H,3,7-8,11-12,15-17H2,1-2H3,(H,26,30). The predicted octanol–water partition coefficient (Wildman–Crippen LogP) is 4.47. The van der Waals surface area contributed by atoms with Gasteiger partial charge in [0.1, 0.15) is 12.4 Å². The number of hydrogen-bond acceptors (Lipinski definition) is 5. The molecule has 4 rings (SSSR count). The van der Waals surface area contributed by atoms with Crippen molar-refractivity contribution in [2.75, 3.05) is 5.75 Å². The summed E-state index contributed by atoms with van der Waals surface area (Å²) in [5, 5.41) is 12.3. The van der Waals surface area contributed by atoms with Crippen LogP contribution in [0.25, 0.3) is 0 Å². The number of ether oxygens (including phenoxy) is 1. The Kier molecular flexibility index (Phi) is 7.47. The number of rotatable bonds is 9. The van der Waals surface area contributed by atoms with Crippen LogP contribution in [0.1, 0.15) is 47.8 Å². The molecule has 1 heterocycles. The van der Waals surface area contributed by atoms with Crippen LogP contribution in [0.15, 0.2) is 47.6 Å². The second-order valence-electron chi connectivity index (χ2n) is 8.02. The van der Waals surface area contributed by atoms with Gasteiger partial charge in [0.15, 0.2) is 11.0 Å². The predicted molar refractivity (Wildman–Crippen MR) is 127 cm³/mol. The van der Waals surface area contributed by atoms with Crippen molar-refractivity contribution in [3.63, 3.8) is 0 Å². The van der Waals surface area contributed by atoms with E-state index in [9.17, 15) is 4.79 Å². The number of hydrogen-bond donors (Lipinski definition) is 1. The molecule has 0 aliphatic heterocycles. The Hall–Kier alpha value is -2.80. The van der Waals surface area contributed by atoms with Gasteiger partial charge in [-0.2, -0.15) is 0 Å². The first-order chi connectivity index (χ1) is 15.7. The summed E-state index contributed by atoms with van der Waals surface area (Å²) in [5.41, 5.74) is 5.24. The molecular formula is C25H30N4O2S. The van der Waals surface area contributed by atoms with E-state index in [1.54, 1.807) is 0 Å². The van der Waals surface area contributed by atoms with E-state index in [4.69, 9.17) is 4.74 Å². The van der Waals surface area contributed by atoms with Crippen molar-refractivity contribution in [1.82, 2.24) is 20.1 Å². The molecule has 0 saturated carbocycles.